The minimum atomic E-state index is 0.579. The average molecular weight is 403 g/mol. The Labute approximate surface area is 159 Å². The molecule has 2 aromatic carbocycles. The van der Waals surface area contributed by atoms with Gasteiger partial charge in [0.05, 0.1) is 5.52 Å². The molecule has 134 valence electrons. The smallest absolute Gasteiger partial charge is 0.129 e. The first-order valence-electron chi connectivity index (χ1n) is 8.75. The molecule has 0 bridgehead atoms. The fraction of sp³-hybridized carbons (Fsp3) is 0.333. The van der Waals surface area contributed by atoms with E-state index in [1.807, 2.05) is 44.2 Å². The Hall–Kier alpha value is -1.78. The lowest BCUT2D eigenvalue weighted by Crippen LogP contribution is -2.14. The second-order valence-corrected chi connectivity index (χ2v) is 6.79. The molecule has 1 heterocycles. The molecule has 0 aliphatic rings. The molecule has 0 aliphatic heterocycles. The van der Waals surface area contributed by atoms with E-state index in [-0.39, 0.29) is 0 Å². The number of hydrogen-bond acceptors (Lipinski definition) is 2. The van der Waals surface area contributed by atoms with Crippen molar-refractivity contribution in [3.05, 3.63) is 64.3 Å². The van der Waals surface area contributed by atoms with Gasteiger partial charge >= 0.3 is 0 Å². The van der Waals surface area contributed by atoms with Gasteiger partial charge < -0.3 is 14.6 Å². The zero-order chi connectivity index (χ0) is 18.2. The molecule has 3 rings (SSSR count). The number of aromatic nitrogens is 1. The number of halogens is 1. The molecule has 0 atom stereocenters. The topological polar surface area (TPSA) is 28.3 Å². The van der Waals surface area contributed by atoms with Crippen molar-refractivity contribution in [2.75, 3.05) is 20.6 Å². The van der Waals surface area contributed by atoms with Crippen molar-refractivity contribution < 1.29 is 4.74 Å². The van der Waals surface area contributed by atoms with Gasteiger partial charge in [-0.1, -0.05) is 44.2 Å². The first-order valence-corrected chi connectivity index (χ1v) is 9.54. The summed E-state index contributed by atoms with van der Waals surface area (Å²) in [7, 11) is 4.19. The number of aromatic amines is 1. The third-order valence-electron chi connectivity index (χ3n) is 3.89. The summed E-state index contributed by atoms with van der Waals surface area (Å²) in [6.45, 7) is 5.59. The summed E-state index contributed by atoms with van der Waals surface area (Å²) in [6.07, 6.45) is 3.08. The summed E-state index contributed by atoms with van der Waals surface area (Å²) >= 11 is 3.62. The third kappa shape index (κ3) is 5.10. The van der Waals surface area contributed by atoms with Gasteiger partial charge in [0, 0.05) is 22.6 Å². The maximum absolute atomic E-state index is 6.11. The number of nitrogens with zero attached hydrogens (tertiary/aromatic N) is 1. The lowest BCUT2D eigenvalue weighted by Gasteiger charge is -2.12. The second-order valence-electron chi connectivity index (χ2n) is 5.94. The lowest BCUT2D eigenvalue weighted by molar-refractivity contribution is 0.310. The van der Waals surface area contributed by atoms with Crippen LogP contribution < -0.4 is 4.74 Å². The van der Waals surface area contributed by atoms with Crippen LogP contribution in [0.15, 0.2) is 53.1 Å². The Bertz CT molecular complexity index is 781. The predicted molar refractivity (Wildman–Crippen MR) is 110 cm³/mol. The minimum absolute atomic E-state index is 0.579. The number of H-pyrrole nitrogens is 1. The molecule has 0 unspecified atom stereocenters. The number of fused-ring (bicyclic) bond motifs is 1. The fourth-order valence-corrected chi connectivity index (χ4v) is 3.09. The molecule has 0 aliphatic carbocycles. The highest BCUT2D eigenvalue weighted by molar-refractivity contribution is 9.10. The summed E-state index contributed by atoms with van der Waals surface area (Å²) in [5.74, 6) is 0.932. The van der Waals surface area contributed by atoms with Crippen LogP contribution >= 0.6 is 15.9 Å². The number of benzene rings is 2. The molecular formula is C21H27BrN2O. The van der Waals surface area contributed by atoms with E-state index in [9.17, 15) is 0 Å². The SMILES string of the molecule is CC.CN(C)CCc1c[nH]c2c(Br)ccc(OCc3ccccc3)c12. The largest absolute Gasteiger partial charge is 0.488 e. The molecular weight excluding hydrogens is 376 g/mol. The van der Waals surface area contributed by atoms with Gasteiger partial charge in [0.25, 0.3) is 0 Å². The molecule has 1 aromatic heterocycles. The Kier molecular flexibility index (Phi) is 7.53. The summed E-state index contributed by atoms with van der Waals surface area (Å²) in [4.78, 5) is 5.57. The van der Waals surface area contributed by atoms with Crippen molar-refractivity contribution in [2.24, 2.45) is 0 Å². The first-order chi connectivity index (χ1) is 12.1. The van der Waals surface area contributed by atoms with Crippen LogP contribution in [0.25, 0.3) is 10.9 Å². The Balaban J connectivity index is 0.00000109. The number of rotatable bonds is 6. The molecule has 1 N–H and O–H groups in total. The maximum atomic E-state index is 6.11. The molecule has 0 fully saturated rings. The normalized spacial score (nSPS) is 10.6. The highest BCUT2D eigenvalue weighted by Gasteiger charge is 2.13. The van der Waals surface area contributed by atoms with Crippen LogP contribution in [0.2, 0.25) is 0 Å². The van der Waals surface area contributed by atoms with E-state index in [1.54, 1.807) is 0 Å². The van der Waals surface area contributed by atoms with Crippen LogP contribution in [0, 0.1) is 0 Å². The summed E-state index contributed by atoms with van der Waals surface area (Å²) in [5.41, 5.74) is 3.57. The molecule has 3 aromatic rings. The summed E-state index contributed by atoms with van der Waals surface area (Å²) in [5, 5.41) is 1.18. The van der Waals surface area contributed by atoms with Gasteiger partial charge in [-0.2, -0.15) is 0 Å². The van der Waals surface area contributed by atoms with Gasteiger partial charge in [-0.15, -0.1) is 0 Å². The fourth-order valence-electron chi connectivity index (χ4n) is 2.65. The van der Waals surface area contributed by atoms with Gasteiger partial charge in [-0.3, -0.25) is 0 Å². The molecule has 0 saturated heterocycles. The highest BCUT2D eigenvalue weighted by atomic mass is 79.9. The van der Waals surface area contributed by atoms with Crippen LogP contribution in [-0.2, 0) is 13.0 Å². The minimum Gasteiger partial charge on any atom is -0.488 e. The van der Waals surface area contributed by atoms with Gasteiger partial charge in [0.2, 0.25) is 0 Å². The van der Waals surface area contributed by atoms with E-state index in [0.717, 1.165) is 28.7 Å². The Morgan fingerprint density at radius 1 is 1.04 bits per heavy atom. The van der Waals surface area contributed by atoms with Crippen molar-refractivity contribution in [1.82, 2.24) is 9.88 Å². The highest BCUT2D eigenvalue weighted by Crippen LogP contribution is 2.34. The number of likely N-dealkylation sites (N-methyl/N-ethyl adjacent to an activating group) is 1. The molecule has 0 amide bonds. The Morgan fingerprint density at radius 2 is 1.76 bits per heavy atom. The van der Waals surface area contributed by atoms with Crippen LogP contribution in [0.4, 0.5) is 0 Å². The van der Waals surface area contributed by atoms with Crippen molar-refractivity contribution in [3.8, 4) is 5.75 Å². The zero-order valence-electron chi connectivity index (χ0n) is 15.5. The second kappa shape index (κ2) is 9.64. The first kappa shape index (κ1) is 19.5. The van der Waals surface area contributed by atoms with Gasteiger partial charge in [0.1, 0.15) is 12.4 Å². The van der Waals surface area contributed by atoms with Crippen LogP contribution in [-0.4, -0.2) is 30.5 Å². The molecule has 25 heavy (non-hydrogen) atoms. The van der Waals surface area contributed by atoms with E-state index >= 15 is 0 Å². The molecule has 0 radical (unpaired) electrons. The van der Waals surface area contributed by atoms with E-state index in [2.05, 4.69) is 58.2 Å². The number of ether oxygens (including phenoxy) is 1. The van der Waals surface area contributed by atoms with E-state index < -0.39 is 0 Å². The lowest BCUT2D eigenvalue weighted by atomic mass is 10.1. The van der Waals surface area contributed by atoms with Crippen molar-refractivity contribution in [2.45, 2.75) is 26.9 Å². The summed E-state index contributed by atoms with van der Waals surface area (Å²) in [6, 6.07) is 14.3. The monoisotopic (exact) mass is 402 g/mol. The quantitative estimate of drug-likeness (QED) is 0.577. The number of hydrogen-bond donors (Lipinski definition) is 1. The van der Waals surface area contributed by atoms with Crippen LogP contribution in [0.5, 0.6) is 5.75 Å². The Morgan fingerprint density at radius 3 is 2.44 bits per heavy atom. The zero-order valence-corrected chi connectivity index (χ0v) is 17.1. The number of nitrogens with one attached hydrogen (secondary N) is 1. The van der Waals surface area contributed by atoms with Gasteiger partial charge in [-0.05, 0) is 59.7 Å². The molecule has 3 nitrogen and oxygen atoms in total. The van der Waals surface area contributed by atoms with E-state index in [4.69, 9.17) is 4.74 Å². The maximum Gasteiger partial charge on any atom is 0.129 e. The predicted octanol–water partition coefficient (Wildman–Crippen LogP) is 5.64. The van der Waals surface area contributed by atoms with Crippen LogP contribution in [0.1, 0.15) is 25.0 Å². The molecule has 4 heteroatoms. The van der Waals surface area contributed by atoms with Crippen molar-refractivity contribution in [1.29, 1.82) is 0 Å². The van der Waals surface area contributed by atoms with Crippen LogP contribution in [0.3, 0.4) is 0 Å². The average Bonchev–Trinajstić information content (AvgIpc) is 3.07. The standard InChI is InChI=1S/C19H21BrN2O.C2H6/c1-22(2)11-10-15-12-21-19-16(20)8-9-17(18(15)19)23-13-14-6-4-3-5-7-14;1-2/h3-9,12,21H,10-11,13H2,1-2H3;1-2H3. The van der Waals surface area contributed by atoms with E-state index in [0.29, 0.717) is 6.61 Å². The van der Waals surface area contributed by atoms with E-state index in [1.165, 1.54) is 16.5 Å². The van der Waals surface area contributed by atoms with Crippen molar-refractivity contribution >= 4 is 26.8 Å². The van der Waals surface area contributed by atoms with Gasteiger partial charge in [-0.25, -0.2) is 0 Å². The van der Waals surface area contributed by atoms with Gasteiger partial charge in [0.15, 0.2) is 0 Å². The summed E-state index contributed by atoms with van der Waals surface area (Å²) < 4.78 is 7.18. The third-order valence-corrected chi connectivity index (χ3v) is 4.55. The molecule has 0 spiro atoms. The molecule has 0 saturated carbocycles. The van der Waals surface area contributed by atoms with Crippen molar-refractivity contribution in [3.63, 3.8) is 0 Å².